The van der Waals surface area contributed by atoms with Crippen molar-refractivity contribution < 1.29 is 9.53 Å². The second kappa shape index (κ2) is 10.1. The van der Waals surface area contributed by atoms with Crippen LogP contribution in [0.5, 0.6) is 5.75 Å². The lowest BCUT2D eigenvalue weighted by atomic mass is 10.2. The maximum Gasteiger partial charge on any atom is 0.259 e. The van der Waals surface area contributed by atoms with Crippen molar-refractivity contribution in [1.82, 2.24) is 5.43 Å². The van der Waals surface area contributed by atoms with Crippen LogP contribution in [0.25, 0.3) is 0 Å². The van der Waals surface area contributed by atoms with Gasteiger partial charge in [0.25, 0.3) is 5.91 Å². The normalized spacial score (nSPS) is 10.6. The predicted octanol–water partition coefficient (Wildman–Crippen LogP) is 4.48. The quantitative estimate of drug-likeness (QED) is 0.438. The molecule has 0 spiro atoms. The number of benzene rings is 3. The van der Waals surface area contributed by atoms with E-state index in [2.05, 4.69) is 15.8 Å². The van der Waals surface area contributed by atoms with Gasteiger partial charge in [0.05, 0.1) is 12.8 Å². The highest BCUT2D eigenvalue weighted by Gasteiger charge is 2.00. The maximum atomic E-state index is 11.8. The molecule has 0 fully saturated rings. The van der Waals surface area contributed by atoms with Gasteiger partial charge in [0.1, 0.15) is 12.4 Å². The third kappa shape index (κ3) is 6.45. The van der Waals surface area contributed by atoms with E-state index in [1.807, 2.05) is 78.9 Å². The molecular weight excluding hydrogens is 374 g/mol. The van der Waals surface area contributed by atoms with E-state index >= 15 is 0 Å². The smallest absolute Gasteiger partial charge is 0.259 e. The predicted molar refractivity (Wildman–Crippen MR) is 113 cm³/mol. The zero-order valence-corrected chi connectivity index (χ0v) is 15.9. The van der Waals surface area contributed by atoms with Crippen molar-refractivity contribution in [3.63, 3.8) is 0 Å². The van der Waals surface area contributed by atoms with E-state index in [4.69, 9.17) is 16.3 Å². The summed E-state index contributed by atoms with van der Waals surface area (Å²) in [7, 11) is 0. The second-order valence-corrected chi connectivity index (χ2v) is 6.44. The van der Waals surface area contributed by atoms with E-state index in [0.29, 0.717) is 11.6 Å². The largest absolute Gasteiger partial charge is 0.489 e. The zero-order valence-electron chi connectivity index (χ0n) is 15.1. The summed E-state index contributed by atoms with van der Waals surface area (Å²) in [5.74, 6) is 0.492. The van der Waals surface area contributed by atoms with Crippen molar-refractivity contribution in [3.05, 3.63) is 95.0 Å². The maximum absolute atomic E-state index is 11.8. The summed E-state index contributed by atoms with van der Waals surface area (Å²) in [5.41, 5.74) is 5.23. The number of halogens is 1. The molecule has 0 heterocycles. The van der Waals surface area contributed by atoms with Crippen LogP contribution >= 0.6 is 11.6 Å². The lowest BCUT2D eigenvalue weighted by molar-refractivity contribution is -0.119. The molecule has 0 aromatic heterocycles. The van der Waals surface area contributed by atoms with Crippen molar-refractivity contribution in [2.45, 2.75) is 6.61 Å². The second-order valence-electron chi connectivity index (χ2n) is 6.00. The number of rotatable bonds is 8. The molecule has 0 radical (unpaired) electrons. The zero-order chi connectivity index (χ0) is 19.6. The number of nitrogens with one attached hydrogen (secondary N) is 2. The molecule has 142 valence electrons. The lowest BCUT2D eigenvalue weighted by Gasteiger charge is -2.07. The number of anilines is 1. The number of carbonyl (C=O) groups excluding carboxylic acids is 1. The van der Waals surface area contributed by atoms with Crippen molar-refractivity contribution in [1.29, 1.82) is 0 Å². The Hall–Kier alpha value is -3.31. The fourth-order valence-corrected chi connectivity index (χ4v) is 2.51. The Balaban J connectivity index is 1.46. The minimum Gasteiger partial charge on any atom is -0.489 e. The van der Waals surface area contributed by atoms with Crippen molar-refractivity contribution in [2.75, 3.05) is 11.9 Å². The van der Waals surface area contributed by atoms with E-state index in [-0.39, 0.29) is 12.5 Å². The van der Waals surface area contributed by atoms with Crippen LogP contribution in [0, 0.1) is 0 Å². The van der Waals surface area contributed by atoms with Gasteiger partial charge in [-0.25, -0.2) is 5.43 Å². The van der Waals surface area contributed by atoms with Gasteiger partial charge in [-0.3, -0.25) is 4.79 Å². The summed E-state index contributed by atoms with van der Waals surface area (Å²) in [4.78, 5) is 11.8. The minimum absolute atomic E-state index is 0.144. The summed E-state index contributed by atoms with van der Waals surface area (Å²) in [5, 5.41) is 7.71. The number of hydrazone groups is 1. The molecule has 3 aromatic carbocycles. The van der Waals surface area contributed by atoms with Crippen LogP contribution in [0.2, 0.25) is 5.02 Å². The molecule has 5 nitrogen and oxygen atoms in total. The van der Waals surface area contributed by atoms with Gasteiger partial charge in [0.15, 0.2) is 0 Å². The Morgan fingerprint density at radius 2 is 1.79 bits per heavy atom. The van der Waals surface area contributed by atoms with Gasteiger partial charge >= 0.3 is 0 Å². The highest BCUT2D eigenvalue weighted by molar-refractivity contribution is 6.30. The van der Waals surface area contributed by atoms with Gasteiger partial charge in [0.2, 0.25) is 0 Å². The average molecular weight is 394 g/mol. The molecule has 2 N–H and O–H groups in total. The highest BCUT2D eigenvalue weighted by atomic mass is 35.5. The van der Waals surface area contributed by atoms with E-state index in [0.717, 1.165) is 22.6 Å². The van der Waals surface area contributed by atoms with Crippen LogP contribution in [0.15, 0.2) is 84.0 Å². The Kier molecular flexibility index (Phi) is 7.04. The van der Waals surface area contributed by atoms with Gasteiger partial charge in [-0.05, 0) is 47.5 Å². The van der Waals surface area contributed by atoms with Crippen LogP contribution in [0.3, 0.4) is 0 Å². The fourth-order valence-electron chi connectivity index (χ4n) is 2.39. The molecule has 0 aliphatic rings. The minimum atomic E-state index is -0.227. The molecule has 6 heteroatoms. The van der Waals surface area contributed by atoms with Gasteiger partial charge < -0.3 is 10.1 Å². The molecule has 0 aliphatic heterocycles. The average Bonchev–Trinajstić information content (AvgIpc) is 2.73. The summed E-state index contributed by atoms with van der Waals surface area (Å²) in [6.07, 6.45) is 1.58. The molecule has 1 amide bonds. The van der Waals surface area contributed by atoms with Crippen molar-refractivity contribution in [3.8, 4) is 5.75 Å². The molecule has 0 aliphatic carbocycles. The van der Waals surface area contributed by atoms with Gasteiger partial charge in [0, 0.05) is 10.7 Å². The number of carbonyl (C=O) groups is 1. The van der Waals surface area contributed by atoms with Crippen LogP contribution in [-0.4, -0.2) is 18.7 Å². The van der Waals surface area contributed by atoms with Crippen LogP contribution in [-0.2, 0) is 11.4 Å². The molecule has 3 aromatic rings. The summed E-state index contributed by atoms with van der Waals surface area (Å²) in [6.45, 7) is 0.589. The van der Waals surface area contributed by atoms with Gasteiger partial charge in [-0.2, -0.15) is 5.10 Å². The standard InChI is InChI=1S/C22H20ClN3O2/c23-19-11-9-17(10-12-19)16-28-21-8-4-5-18(13-21)14-25-26-22(27)15-24-20-6-2-1-3-7-20/h1-14,24H,15-16H2,(H,26,27)/b25-14-. The molecule has 0 bridgehead atoms. The van der Waals surface area contributed by atoms with E-state index in [1.165, 1.54) is 0 Å². The Labute approximate surface area is 169 Å². The van der Waals surface area contributed by atoms with Crippen LogP contribution < -0.4 is 15.5 Å². The SMILES string of the molecule is O=C(CNc1ccccc1)N/N=C\c1cccc(OCc2ccc(Cl)cc2)c1. The lowest BCUT2D eigenvalue weighted by Crippen LogP contribution is -2.25. The van der Waals surface area contributed by atoms with E-state index in [1.54, 1.807) is 6.21 Å². The molecule has 0 saturated carbocycles. The first-order valence-electron chi connectivity index (χ1n) is 8.77. The van der Waals surface area contributed by atoms with Crippen molar-refractivity contribution >= 4 is 29.4 Å². The molecular formula is C22H20ClN3O2. The highest BCUT2D eigenvalue weighted by Crippen LogP contribution is 2.15. The Morgan fingerprint density at radius 1 is 1.00 bits per heavy atom. The first-order valence-corrected chi connectivity index (χ1v) is 9.15. The third-order valence-corrected chi connectivity index (χ3v) is 4.06. The first kappa shape index (κ1) is 19.5. The molecule has 0 atom stereocenters. The van der Waals surface area contributed by atoms with Crippen LogP contribution in [0.1, 0.15) is 11.1 Å². The molecule has 28 heavy (non-hydrogen) atoms. The number of amides is 1. The summed E-state index contributed by atoms with van der Waals surface area (Å²) >= 11 is 5.88. The third-order valence-electron chi connectivity index (χ3n) is 3.81. The monoisotopic (exact) mass is 393 g/mol. The topological polar surface area (TPSA) is 62.7 Å². The number of hydrogen-bond donors (Lipinski definition) is 2. The van der Waals surface area contributed by atoms with Gasteiger partial charge in [-0.15, -0.1) is 0 Å². The fraction of sp³-hybridized carbons (Fsp3) is 0.0909. The summed E-state index contributed by atoms with van der Waals surface area (Å²) in [6, 6.07) is 24.5. The molecule has 0 saturated heterocycles. The molecule has 3 rings (SSSR count). The first-order chi connectivity index (χ1) is 13.7. The Bertz CT molecular complexity index is 928. The van der Waals surface area contributed by atoms with E-state index < -0.39 is 0 Å². The number of para-hydroxylation sites is 1. The van der Waals surface area contributed by atoms with E-state index in [9.17, 15) is 4.79 Å². The van der Waals surface area contributed by atoms with Crippen LogP contribution in [0.4, 0.5) is 5.69 Å². The summed E-state index contributed by atoms with van der Waals surface area (Å²) < 4.78 is 5.79. The Morgan fingerprint density at radius 3 is 2.57 bits per heavy atom. The number of nitrogens with zero attached hydrogens (tertiary/aromatic N) is 1. The molecule has 0 unspecified atom stereocenters. The number of hydrogen-bond acceptors (Lipinski definition) is 4. The van der Waals surface area contributed by atoms with Crippen molar-refractivity contribution in [2.24, 2.45) is 5.10 Å². The van der Waals surface area contributed by atoms with Gasteiger partial charge in [-0.1, -0.05) is 54.1 Å². The number of ether oxygens (including phenoxy) is 1.